The molecule has 0 aliphatic carbocycles. The van der Waals surface area contributed by atoms with Crippen LogP contribution in [0.2, 0.25) is 5.02 Å². The van der Waals surface area contributed by atoms with E-state index in [1.54, 1.807) is 36.4 Å². The number of carbonyl (C=O) groups excluding carboxylic acids is 6. The summed E-state index contributed by atoms with van der Waals surface area (Å²) in [6.07, 6.45) is 7.89. The van der Waals surface area contributed by atoms with Crippen LogP contribution in [0.3, 0.4) is 0 Å². The van der Waals surface area contributed by atoms with Crippen LogP contribution in [0.25, 0.3) is 10.9 Å². The highest BCUT2D eigenvalue weighted by Gasteiger charge is 2.45. The number of carbonyl (C=O) groups is 6. The zero-order valence-electron chi connectivity index (χ0n) is 32.7. The van der Waals surface area contributed by atoms with Crippen molar-refractivity contribution >= 4 is 80.8 Å². The van der Waals surface area contributed by atoms with Crippen molar-refractivity contribution in [3.05, 3.63) is 89.0 Å². The van der Waals surface area contributed by atoms with Gasteiger partial charge in [0, 0.05) is 74.0 Å². The van der Waals surface area contributed by atoms with Gasteiger partial charge in [0.2, 0.25) is 23.6 Å². The van der Waals surface area contributed by atoms with E-state index in [2.05, 4.69) is 41.5 Å². The van der Waals surface area contributed by atoms with Crippen molar-refractivity contribution in [3.63, 3.8) is 0 Å². The third-order valence-electron chi connectivity index (χ3n) is 10.6. The molecule has 1 aromatic heterocycles. The van der Waals surface area contributed by atoms with Crippen LogP contribution in [0.5, 0.6) is 5.75 Å². The third-order valence-corrected chi connectivity index (χ3v) is 10.9. The first-order chi connectivity index (χ1) is 29.0. The van der Waals surface area contributed by atoms with Crippen molar-refractivity contribution in [1.82, 2.24) is 30.4 Å². The fourth-order valence-electron chi connectivity index (χ4n) is 7.50. The van der Waals surface area contributed by atoms with Gasteiger partial charge in [0.25, 0.3) is 11.8 Å². The Hall–Kier alpha value is -6.46. The Morgan fingerprint density at radius 3 is 2.58 bits per heavy atom. The first-order valence-electron chi connectivity index (χ1n) is 19.6. The van der Waals surface area contributed by atoms with Crippen molar-refractivity contribution in [1.29, 1.82) is 0 Å². The lowest BCUT2D eigenvalue weighted by Gasteiger charge is -2.31. The summed E-state index contributed by atoms with van der Waals surface area (Å²) < 4.78 is 19.2. The molecule has 3 aromatic carbocycles. The van der Waals surface area contributed by atoms with E-state index in [0.717, 1.165) is 30.8 Å². The van der Waals surface area contributed by atoms with Gasteiger partial charge in [-0.15, -0.1) is 0 Å². The molecule has 3 aliphatic rings. The molecule has 2 fully saturated rings. The van der Waals surface area contributed by atoms with Gasteiger partial charge < -0.3 is 26.0 Å². The number of benzene rings is 3. The Bertz CT molecular complexity index is 2390. The number of amides is 6. The zero-order valence-corrected chi connectivity index (χ0v) is 33.4. The summed E-state index contributed by atoms with van der Waals surface area (Å²) in [5.74, 6) is -2.32. The summed E-state index contributed by atoms with van der Waals surface area (Å²) in [5, 5.41) is 15.1. The van der Waals surface area contributed by atoms with E-state index >= 15 is 0 Å². The van der Waals surface area contributed by atoms with E-state index in [1.807, 2.05) is 0 Å². The highest BCUT2D eigenvalue weighted by molar-refractivity contribution is 6.31. The number of anilines is 4. The molecule has 4 heterocycles. The molecule has 5 N–H and O–H groups in total. The number of piperidine rings is 2. The predicted octanol–water partition coefficient (Wildman–Crippen LogP) is 4.93. The number of unbranched alkanes of at least 4 members (excludes halogenated alkanes) is 1. The van der Waals surface area contributed by atoms with Crippen LogP contribution in [0.1, 0.15) is 65.7 Å². The molecule has 0 saturated carbocycles. The standard InChI is InChI=1S/C42H43ClFN9O7/c1-60-34-22-31-27(39(47-23-46-31)49-25-10-11-29(44)28(43)20-25)21-32(34)50-36(55)9-5-17-52-18-14-24(15-19-52)48-35(54)8-2-3-16-45-30-7-4-6-26-38(30)42(59)53(41(26)58)33-12-13-37(56)51-40(33)57/h4-7,9-11,20-24,33,45H,2-3,8,12-19H2,1H3,(H,48,54)(H,50,55)(H,46,47,49)(H,51,56,57)/b9-5+. The number of nitrogens with one attached hydrogen (secondary N) is 5. The van der Waals surface area contributed by atoms with Gasteiger partial charge >= 0.3 is 0 Å². The third kappa shape index (κ3) is 9.53. The number of aromatic nitrogens is 2. The first kappa shape index (κ1) is 41.7. The number of hydrogen-bond donors (Lipinski definition) is 5. The van der Waals surface area contributed by atoms with Gasteiger partial charge in [-0.05, 0) is 68.5 Å². The second-order valence-corrected chi connectivity index (χ2v) is 15.0. The summed E-state index contributed by atoms with van der Waals surface area (Å²) in [5.41, 5.74) is 2.39. The van der Waals surface area contributed by atoms with Gasteiger partial charge in [0.1, 0.15) is 29.8 Å². The van der Waals surface area contributed by atoms with Gasteiger partial charge in [-0.2, -0.15) is 0 Å². The van der Waals surface area contributed by atoms with Gasteiger partial charge in [0.05, 0.1) is 34.5 Å². The summed E-state index contributed by atoms with van der Waals surface area (Å²) in [6.45, 7) is 2.51. The van der Waals surface area contributed by atoms with Crippen LogP contribution >= 0.6 is 11.6 Å². The molecule has 18 heteroatoms. The molecule has 60 heavy (non-hydrogen) atoms. The van der Waals surface area contributed by atoms with E-state index in [-0.39, 0.29) is 46.8 Å². The Labute approximate surface area is 349 Å². The molecule has 2 saturated heterocycles. The van der Waals surface area contributed by atoms with Crippen LogP contribution in [0, 0.1) is 5.82 Å². The smallest absolute Gasteiger partial charge is 0.264 e. The van der Waals surface area contributed by atoms with Gasteiger partial charge in [0.15, 0.2) is 0 Å². The summed E-state index contributed by atoms with van der Waals surface area (Å²) in [6, 6.07) is 11.5. The number of rotatable bonds is 15. The first-order valence-corrected chi connectivity index (χ1v) is 20.0. The molecule has 6 amide bonds. The number of likely N-dealkylation sites (tertiary alicyclic amines) is 1. The Morgan fingerprint density at radius 2 is 1.82 bits per heavy atom. The van der Waals surface area contributed by atoms with E-state index in [4.69, 9.17) is 16.3 Å². The lowest BCUT2D eigenvalue weighted by atomic mass is 10.0. The molecule has 16 nitrogen and oxygen atoms in total. The number of nitrogens with zero attached hydrogens (tertiary/aromatic N) is 4. The van der Waals surface area contributed by atoms with E-state index in [1.165, 1.54) is 37.7 Å². The quantitative estimate of drug-likeness (QED) is 0.0615. The van der Waals surface area contributed by atoms with Gasteiger partial charge in [-0.1, -0.05) is 23.7 Å². The average molecular weight is 840 g/mol. The number of fused-ring (bicyclic) bond motifs is 2. The van der Waals surface area contributed by atoms with Crippen LogP contribution in [-0.4, -0.2) is 101 Å². The number of halogens is 2. The molecule has 312 valence electrons. The molecule has 1 unspecified atom stereocenters. The minimum atomic E-state index is -1.04. The van der Waals surface area contributed by atoms with Crippen LogP contribution in [0.15, 0.2) is 67.0 Å². The van der Waals surface area contributed by atoms with Crippen LogP contribution in [0.4, 0.5) is 27.3 Å². The van der Waals surface area contributed by atoms with E-state index in [9.17, 15) is 33.2 Å². The second kappa shape index (κ2) is 18.6. The van der Waals surface area contributed by atoms with E-state index in [0.29, 0.717) is 71.9 Å². The second-order valence-electron chi connectivity index (χ2n) is 14.6. The summed E-state index contributed by atoms with van der Waals surface area (Å²) in [4.78, 5) is 87.9. The Kier molecular flexibility index (Phi) is 12.9. The predicted molar refractivity (Wildman–Crippen MR) is 222 cm³/mol. The van der Waals surface area contributed by atoms with E-state index < -0.39 is 35.5 Å². The topological polar surface area (TPSA) is 204 Å². The highest BCUT2D eigenvalue weighted by Crippen LogP contribution is 2.35. The van der Waals surface area contributed by atoms with Crippen LogP contribution < -0.4 is 31.3 Å². The SMILES string of the molecule is COc1cc2ncnc(Nc3ccc(F)c(Cl)c3)c2cc1NC(=O)/C=C/CN1CCC(NC(=O)CCCCNc2cccc3c2C(=O)N(C2CCC(=O)NC2=O)C3=O)CC1. The Balaban J connectivity index is 0.819. The van der Waals surface area contributed by atoms with Crippen molar-refractivity contribution in [2.45, 2.75) is 57.0 Å². The molecule has 3 aliphatic heterocycles. The van der Waals surface area contributed by atoms with Crippen molar-refractivity contribution in [3.8, 4) is 5.75 Å². The molecular weight excluding hydrogens is 797 g/mol. The minimum absolute atomic E-state index is 0.0368. The number of ether oxygens (including phenoxy) is 1. The Morgan fingerprint density at radius 1 is 1.00 bits per heavy atom. The fourth-order valence-corrected chi connectivity index (χ4v) is 7.68. The molecule has 0 bridgehead atoms. The van der Waals surface area contributed by atoms with Crippen LogP contribution in [-0.2, 0) is 19.2 Å². The van der Waals surface area contributed by atoms with Gasteiger partial charge in [-0.3, -0.25) is 43.9 Å². The number of methoxy groups -OCH3 is 1. The molecule has 0 spiro atoms. The zero-order chi connectivity index (χ0) is 42.3. The van der Waals surface area contributed by atoms with Crippen molar-refractivity contribution in [2.24, 2.45) is 0 Å². The lowest BCUT2D eigenvalue weighted by Crippen LogP contribution is -2.54. The molecule has 4 aromatic rings. The normalized spacial score (nSPS) is 17.2. The monoisotopic (exact) mass is 839 g/mol. The molecule has 0 radical (unpaired) electrons. The highest BCUT2D eigenvalue weighted by atomic mass is 35.5. The van der Waals surface area contributed by atoms with Gasteiger partial charge in [-0.25, -0.2) is 14.4 Å². The largest absolute Gasteiger partial charge is 0.494 e. The maximum Gasteiger partial charge on any atom is 0.264 e. The average Bonchev–Trinajstić information content (AvgIpc) is 3.48. The molecule has 1 atom stereocenters. The maximum atomic E-state index is 13.7. The lowest BCUT2D eigenvalue weighted by molar-refractivity contribution is -0.136. The number of imide groups is 2. The summed E-state index contributed by atoms with van der Waals surface area (Å²) >= 11 is 5.95. The van der Waals surface area contributed by atoms with Crippen molar-refractivity contribution < 1.29 is 37.9 Å². The molecular formula is C42H43ClFN9O7. The molecule has 7 rings (SSSR count). The summed E-state index contributed by atoms with van der Waals surface area (Å²) in [7, 11) is 1.49. The fraction of sp³-hybridized carbons (Fsp3) is 0.333. The maximum absolute atomic E-state index is 13.7. The van der Waals surface area contributed by atoms with Crippen molar-refractivity contribution in [2.75, 3.05) is 49.2 Å². The number of hydrogen-bond acceptors (Lipinski definition) is 12. The minimum Gasteiger partial charge on any atom is -0.494 e.